The number of ether oxygens (including phenoxy) is 1. The molecular formula is C12H14F3NOS. The van der Waals surface area contributed by atoms with Crippen LogP contribution in [-0.4, -0.2) is 19.7 Å². The molecule has 0 amide bonds. The number of rotatable bonds is 0. The first kappa shape index (κ1) is 12.4. The number of alkyl halides is 3. The Morgan fingerprint density at radius 2 is 2.00 bits per heavy atom. The standard InChI is InChI=1S/C12H14F3NOS/c13-12(14,15)9-7-8-1-6-17-11(10(8)18-9)2-4-16-5-3-11/h7,16H,1-6H2. The van der Waals surface area contributed by atoms with Crippen molar-refractivity contribution in [1.29, 1.82) is 0 Å². The lowest BCUT2D eigenvalue weighted by atomic mass is 9.86. The van der Waals surface area contributed by atoms with E-state index in [-0.39, 0.29) is 0 Å². The average Bonchev–Trinajstić information content (AvgIpc) is 2.76. The van der Waals surface area contributed by atoms with E-state index in [9.17, 15) is 13.2 Å². The van der Waals surface area contributed by atoms with Crippen LogP contribution in [0.1, 0.15) is 28.2 Å². The maximum Gasteiger partial charge on any atom is 0.425 e. The van der Waals surface area contributed by atoms with E-state index in [1.54, 1.807) is 0 Å². The number of hydrogen-bond donors (Lipinski definition) is 1. The van der Waals surface area contributed by atoms with E-state index in [0.717, 1.165) is 47.7 Å². The first-order valence-corrected chi connectivity index (χ1v) is 6.88. The Bertz CT molecular complexity index is 449. The zero-order chi connectivity index (χ0) is 12.8. The fourth-order valence-electron chi connectivity index (χ4n) is 2.76. The fourth-order valence-corrected chi connectivity index (χ4v) is 4.04. The Morgan fingerprint density at radius 3 is 2.67 bits per heavy atom. The van der Waals surface area contributed by atoms with Crippen molar-refractivity contribution in [2.24, 2.45) is 0 Å². The minimum Gasteiger partial charge on any atom is -0.369 e. The molecule has 1 saturated heterocycles. The van der Waals surface area contributed by atoms with Gasteiger partial charge in [0.25, 0.3) is 0 Å². The van der Waals surface area contributed by atoms with Crippen LogP contribution in [0, 0.1) is 0 Å². The zero-order valence-electron chi connectivity index (χ0n) is 9.77. The lowest BCUT2D eigenvalue weighted by molar-refractivity contribution is -0.134. The molecule has 2 aliphatic heterocycles. The van der Waals surface area contributed by atoms with E-state index in [2.05, 4.69) is 5.32 Å². The number of piperidine rings is 1. The van der Waals surface area contributed by atoms with Gasteiger partial charge in [-0.15, -0.1) is 11.3 Å². The van der Waals surface area contributed by atoms with Crippen LogP contribution in [0.5, 0.6) is 0 Å². The summed E-state index contributed by atoms with van der Waals surface area (Å²) in [6, 6.07) is 1.31. The van der Waals surface area contributed by atoms with E-state index >= 15 is 0 Å². The number of fused-ring (bicyclic) bond motifs is 2. The van der Waals surface area contributed by atoms with Crippen LogP contribution in [0.2, 0.25) is 0 Å². The molecular weight excluding hydrogens is 263 g/mol. The molecule has 0 bridgehead atoms. The van der Waals surface area contributed by atoms with Crippen molar-refractivity contribution >= 4 is 11.3 Å². The molecule has 3 rings (SSSR count). The zero-order valence-corrected chi connectivity index (χ0v) is 10.6. The minimum atomic E-state index is -4.24. The van der Waals surface area contributed by atoms with Gasteiger partial charge in [0, 0.05) is 4.88 Å². The van der Waals surface area contributed by atoms with Crippen molar-refractivity contribution in [3.05, 3.63) is 21.4 Å². The molecule has 1 N–H and O–H groups in total. The van der Waals surface area contributed by atoms with Gasteiger partial charge in [-0.3, -0.25) is 0 Å². The van der Waals surface area contributed by atoms with Crippen LogP contribution >= 0.6 is 11.3 Å². The third-order valence-corrected chi connectivity index (χ3v) is 5.07. The summed E-state index contributed by atoms with van der Waals surface area (Å²) in [6.07, 6.45) is -2.12. The summed E-state index contributed by atoms with van der Waals surface area (Å²) in [6.45, 7) is 2.14. The van der Waals surface area contributed by atoms with Crippen molar-refractivity contribution in [1.82, 2.24) is 5.32 Å². The van der Waals surface area contributed by atoms with Gasteiger partial charge in [0.2, 0.25) is 0 Å². The molecule has 1 spiro atoms. The molecule has 2 aliphatic rings. The Morgan fingerprint density at radius 1 is 1.28 bits per heavy atom. The summed E-state index contributed by atoms with van der Waals surface area (Å²) in [5, 5.41) is 3.23. The van der Waals surface area contributed by atoms with E-state index in [1.807, 2.05) is 0 Å². The predicted octanol–water partition coefficient (Wildman–Crippen LogP) is 2.92. The van der Waals surface area contributed by atoms with Crippen molar-refractivity contribution < 1.29 is 17.9 Å². The summed E-state index contributed by atoms with van der Waals surface area (Å²) in [4.78, 5) is 0.318. The monoisotopic (exact) mass is 277 g/mol. The molecule has 18 heavy (non-hydrogen) atoms. The second-order valence-electron chi connectivity index (χ2n) is 4.81. The molecule has 0 saturated carbocycles. The Balaban J connectivity index is 2.02. The highest BCUT2D eigenvalue weighted by Gasteiger charge is 2.43. The maximum atomic E-state index is 12.8. The van der Waals surface area contributed by atoms with E-state index < -0.39 is 16.7 Å². The third-order valence-electron chi connectivity index (χ3n) is 3.66. The van der Waals surface area contributed by atoms with Crippen molar-refractivity contribution in [3.63, 3.8) is 0 Å². The summed E-state index contributed by atoms with van der Waals surface area (Å²) in [7, 11) is 0. The largest absolute Gasteiger partial charge is 0.425 e. The summed E-state index contributed by atoms with van der Waals surface area (Å²) in [5.41, 5.74) is 0.368. The number of halogens is 3. The van der Waals surface area contributed by atoms with E-state index in [0.29, 0.717) is 13.0 Å². The average molecular weight is 277 g/mol. The predicted molar refractivity (Wildman–Crippen MR) is 62.8 cm³/mol. The van der Waals surface area contributed by atoms with Gasteiger partial charge in [-0.1, -0.05) is 0 Å². The molecule has 1 aromatic heterocycles. The molecule has 1 aromatic rings. The molecule has 0 aliphatic carbocycles. The van der Waals surface area contributed by atoms with Crippen LogP contribution in [-0.2, 0) is 22.9 Å². The van der Waals surface area contributed by atoms with Gasteiger partial charge in [-0.25, -0.2) is 0 Å². The Kier molecular flexibility index (Phi) is 2.91. The summed E-state index contributed by atoms with van der Waals surface area (Å²) < 4.78 is 44.2. The quantitative estimate of drug-likeness (QED) is 0.787. The highest BCUT2D eigenvalue weighted by molar-refractivity contribution is 7.12. The number of nitrogens with one attached hydrogen (secondary N) is 1. The fraction of sp³-hybridized carbons (Fsp3) is 0.667. The van der Waals surface area contributed by atoms with Crippen LogP contribution in [0.25, 0.3) is 0 Å². The van der Waals surface area contributed by atoms with E-state index in [4.69, 9.17) is 4.74 Å². The van der Waals surface area contributed by atoms with Gasteiger partial charge >= 0.3 is 6.18 Å². The van der Waals surface area contributed by atoms with Gasteiger partial charge < -0.3 is 10.1 Å². The highest BCUT2D eigenvalue weighted by atomic mass is 32.1. The number of thiophene rings is 1. The molecule has 1 fully saturated rings. The van der Waals surface area contributed by atoms with Crippen molar-refractivity contribution in [2.45, 2.75) is 31.0 Å². The first-order chi connectivity index (χ1) is 8.51. The van der Waals surface area contributed by atoms with Crippen LogP contribution < -0.4 is 5.32 Å². The molecule has 2 nitrogen and oxygen atoms in total. The topological polar surface area (TPSA) is 21.3 Å². The normalized spacial score (nSPS) is 23.1. The molecule has 0 aromatic carbocycles. The van der Waals surface area contributed by atoms with Crippen LogP contribution in [0.4, 0.5) is 13.2 Å². The second-order valence-corrected chi connectivity index (χ2v) is 5.86. The molecule has 0 atom stereocenters. The molecule has 100 valence electrons. The third kappa shape index (κ3) is 1.96. The maximum absolute atomic E-state index is 12.8. The second kappa shape index (κ2) is 4.21. The van der Waals surface area contributed by atoms with Crippen molar-refractivity contribution in [3.8, 4) is 0 Å². The van der Waals surface area contributed by atoms with Gasteiger partial charge in [-0.2, -0.15) is 13.2 Å². The lowest BCUT2D eigenvalue weighted by Gasteiger charge is -2.40. The van der Waals surface area contributed by atoms with Crippen molar-refractivity contribution in [2.75, 3.05) is 19.7 Å². The Labute approximate surface area is 107 Å². The summed E-state index contributed by atoms with van der Waals surface area (Å²) >= 11 is 0.870. The molecule has 6 heteroatoms. The molecule has 0 radical (unpaired) electrons. The lowest BCUT2D eigenvalue weighted by Crippen LogP contribution is -2.43. The smallest absolute Gasteiger partial charge is 0.369 e. The molecule has 0 unspecified atom stereocenters. The van der Waals surface area contributed by atoms with Crippen LogP contribution in [0.15, 0.2) is 6.07 Å². The Hall–Kier alpha value is -0.590. The van der Waals surface area contributed by atoms with Gasteiger partial charge in [-0.05, 0) is 44.0 Å². The van der Waals surface area contributed by atoms with Gasteiger partial charge in [0.1, 0.15) is 10.5 Å². The van der Waals surface area contributed by atoms with Crippen LogP contribution in [0.3, 0.4) is 0 Å². The summed E-state index contributed by atoms with van der Waals surface area (Å²) in [5.74, 6) is 0. The first-order valence-electron chi connectivity index (χ1n) is 6.06. The molecule has 3 heterocycles. The van der Waals surface area contributed by atoms with Gasteiger partial charge in [0.05, 0.1) is 6.61 Å². The highest BCUT2D eigenvalue weighted by Crippen LogP contribution is 2.47. The SMILES string of the molecule is FC(F)(F)c1cc2c(s1)C1(CCNCC1)OCC2. The minimum absolute atomic E-state index is 0.465. The van der Waals surface area contributed by atoms with E-state index in [1.165, 1.54) is 6.07 Å². The number of hydrogen-bond acceptors (Lipinski definition) is 3. The van der Waals surface area contributed by atoms with Gasteiger partial charge in [0.15, 0.2) is 0 Å².